The highest BCUT2D eigenvalue weighted by Crippen LogP contribution is 2.39. The molecule has 162 valence electrons. The van der Waals surface area contributed by atoms with Crippen LogP contribution in [0.3, 0.4) is 0 Å². The van der Waals surface area contributed by atoms with Gasteiger partial charge >= 0.3 is 0 Å². The fraction of sp³-hybridized carbons (Fsp3) is 0.619. The molecular weight excluding hydrogens is 418 g/mol. The number of hydrogen-bond donors (Lipinski definition) is 0. The van der Waals surface area contributed by atoms with Crippen LogP contribution < -0.4 is 0 Å². The molecule has 9 heteroatoms. The lowest BCUT2D eigenvalue weighted by Crippen LogP contribution is -2.49. The van der Waals surface area contributed by atoms with Gasteiger partial charge in [0.2, 0.25) is 10.0 Å². The Balaban J connectivity index is 1.26. The summed E-state index contributed by atoms with van der Waals surface area (Å²) in [7, 11) is -3.44. The van der Waals surface area contributed by atoms with Crippen molar-refractivity contribution < 1.29 is 8.42 Å². The molecule has 0 atom stereocenters. The van der Waals surface area contributed by atoms with Gasteiger partial charge in [-0.05, 0) is 74.5 Å². The van der Waals surface area contributed by atoms with Crippen LogP contribution in [0.4, 0.5) is 0 Å². The molecule has 1 saturated heterocycles. The molecule has 0 unspecified atom stereocenters. The Hall–Kier alpha value is -1.55. The topological polar surface area (TPSA) is 63.4 Å². The monoisotopic (exact) mass is 447 g/mol. The molecule has 0 spiro atoms. The lowest BCUT2D eigenvalue weighted by molar-refractivity contribution is 0.144. The van der Waals surface area contributed by atoms with Crippen LogP contribution in [0.1, 0.15) is 49.1 Å². The number of sulfonamides is 1. The first kappa shape index (κ1) is 20.4. The van der Waals surface area contributed by atoms with Gasteiger partial charge in [0.25, 0.3) is 0 Å². The van der Waals surface area contributed by atoms with Crippen LogP contribution in [-0.4, -0.2) is 58.1 Å². The first-order chi connectivity index (χ1) is 14.5. The normalized spacial score (nSPS) is 20.6. The average Bonchev–Trinajstić information content (AvgIpc) is 3.40. The van der Waals surface area contributed by atoms with Crippen LogP contribution in [-0.2, 0) is 36.1 Å². The quantitative estimate of drug-likeness (QED) is 0.637. The SMILES string of the molecule is CCn1c(C2CC2)nn(CN2CCN(S(=O)(=O)c3ccc4c(c3)CCC4)CC2)c1=S. The fourth-order valence-corrected chi connectivity index (χ4v) is 6.44. The molecule has 0 bridgehead atoms. The summed E-state index contributed by atoms with van der Waals surface area (Å²) in [6.07, 6.45) is 5.57. The number of fused-ring (bicyclic) bond motifs is 1. The summed E-state index contributed by atoms with van der Waals surface area (Å²) in [4.78, 5) is 2.68. The van der Waals surface area contributed by atoms with E-state index in [9.17, 15) is 8.42 Å². The average molecular weight is 448 g/mol. The molecular formula is C21H29N5O2S2. The van der Waals surface area contributed by atoms with E-state index in [0.29, 0.717) is 43.7 Å². The van der Waals surface area contributed by atoms with Crippen molar-refractivity contribution in [3.8, 4) is 0 Å². The summed E-state index contributed by atoms with van der Waals surface area (Å²) in [6.45, 7) is 5.94. The molecule has 1 saturated carbocycles. The number of aromatic nitrogens is 3. The maximum Gasteiger partial charge on any atom is 0.243 e. The smallest absolute Gasteiger partial charge is 0.243 e. The van der Waals surface area contributed by atoms with E-state index in [2.05, 4.69) is 16.4 Å². The summed E-state index contributed by atoms with van der Waals surface area (Å²) < 4.78 is 32.7. The zero-order valence-electron chi connectivity index (χ0n) is 17.5. The Morgan fingerprint density at radius 2 is 1.83 bits per heavy atom. The molecule has 7 nitrogen and oxygen atoms in total. The van der Waals surface area contributed by atoms with Gasteiger partial charge in [0.15, 0.2) is 4.77 Å². The van der Waals surface area contributed by atoms with Crippen LogP contribution in [0.2, 0.25) is 0 Å². The summed E-state index contributed by atoms with van der Waals surface area (Å²) in [5.74, 6) is 1.67. The zero-order valence-corrected chi connectivity index (χ0v) is 19.1. The number of aryl methyl sites for hydroxylation is 2. The molecule has 3 aliphatic rings. The predicted octanol–water partition coefficient (Wildman–Crippen LogP) is 2.76. The van der Waals surface area contributed by atoms with Crippen molar-refractivity contribution in [2.24, 2.45) is 0 Å². The molecule has 5 rings (SSSR count). The van der Waals surface area contributed by atoms with E-state index in [1.165, 1.54) is 24.0 Å². The van der Waals surface area contributed by atoms with Crippen LogP contribution in [0.5, 0.6) is 0 Å². The Kier molecular flexibility index (Phi) is 5.33. The van der Waals surface area contributed by atoms with Gasteiger partial charge in [-0.25, -0.2) is 13.1 Å². The van der Waals surface area contributed by atoms with Crippen LogP contribution in [0, 0.1) is 4.77 Å². The van der Waals surface area contributed by atoms with Gasteiger partial charge in [0, 0.05) is 38.6 Å². The molecule has 1 aliphatic heterocycles. The third-order valence-corrected chi connectivity index (χ3v) is 8.91. The highest BCUT2D eigenvalue weighted by molar-refractivity contribution is 7.89. The fourth-order valence-electron chi connectivity index (χ4n) is 4.65. The molecule has 1 aromatic heterocycles. The van der Waals surface area contributed by atoms with E-state index in [1.807, 2.05) is 16.8 Å². The second-order valence-corrected chi connectivity index (χ2v) is 10.9. The first-order valence-corrected chi connectivity index (χ1v) is 12.8. The van der Waals surface area contributed by atoms with Crippen molar-refractivity contribution in [1.29, 1.82) is 0 Å². The van der Waals surface area contributed by atoms with Gasteiger partial charge in [-0.3, -0.25) is 4.90 Å². The van der Waals surface area contributed by atoms with Crippen molar-refractivity contribution in [2.45, 2.75) is 63.1 Å². The van der Waals surface area contributed by atoms with Crippen molar-refractivity contribution in [3.05, 3.63) is 39.9 Å². The highest BCUT2D eigenvalue weighted by atomic mass is 32.2. The number of benzene rings is 1. The second kappa shape index (κ2) is 7.85. The molecule has 0 amide bonds. The maximum atomic E-state index is 13.1. The standard InChI is InChI=1S/C21H29N5O2S2/c1-2-25-20(17-6-7-17)22-26(21(25)29)15-23-10-12-24(13-11-23)30(27,28)19-9-8-16-4-3-5-18(16)14-19/h8-9,14,17H,2-7,10-13,15H2,1H3. The third kappa shape index (κ3) is 3.66. The minimum atomic E-state index is -3.44. The van der Waals surface area contributed by atoms with E-state index < -0.39 is 10.0 Å². The Labute approximate surface area is 183 Å². The summed E-state index contributed by atoms with van der Waals surface area (Å²) >= 11 is 5.64. The van der Waals surface area contributed by atoms with Crippen LogP contribution >= 0.6 is 12.2 Å². The second-order valence-electron chi connectivity index (χ2n) is 8.61. The molecule has 2 aliphatic carbocycles. The maximum absolute atomic E-state index is 13.1. The number of hydrogen-bond acceptors (Lipinski definition) is 5. The lowest BCUT2D eigenvalue weighted by atomic mass is 10.1. The molecule has 2 aromatic rings. The van der Waals surface area contributed by atoms with Gasteiger partial charge in [0.1, 0.15) is 5.82 Å². The minimum absolute atomic E-state index is 0.439. The van der Waals surface area contributed by atoms with E-state index in [-0.39, 0.29) is 0 Å². The third-order valence-electron chi connectivity index (χ3n) is 6.58. The summed E-state index contributed by atoms with van der Waals surface area (Å²) in [6, 6.07) is 5.66. The number of piperazine rings is 1. The Bertz CT molecular complexity index is 1110. The van der Waals surface area contributed by atoms with Crippen molar-refractivity contribution in [1.82, 2.24) is 23.6 Å². The molecule has 30 heavy (non-hydrogen) atoms. The van der Waals surface area contributed by atoms with Gasteiger partial charge in [-0.1, -0.05) is 6.07 Å². The van der Waals surface area contributed by atoms with Crippen molar-refractivity contribution in [2.75, 3.05) is 26.2 Å². The van der Waals surface area contributed by atoms with E-state index >= 15 is 0 Å². The van der Waals surface area contributed by atoms with Gasteiger partial charge < -0.3 is 4.57 Å². The van der Waals surface area contributed by atoms with Gasteiger partial charge in [-0.15, -0.1) is 0 Å². The highest BCUT2D eigenvalue weighted by Gasteiger charge is 2.32. The van der Waals surface area contributed by atoms with E-state index in [0.717, 1.165) is 36.4 Å². The Morgan fingerprint density at radius 3 is 2.53 bits per heavy atom. The largest absolute Gasteiger partial charge is 0.304 e. The lowest BCUT2D eigenvalue weighted by Gasteiger charge is -2.33. The minimum Gasteiger partial charge on any atom is -0.304 e. The van der Waals surface area contributed by atoms with Crippen molar-refractivity contribution in [3.63, 3.8) is 0 Å². The zero-order chi connectivity index (χ0) is 20.9. The molecule has 2 heterocycles. The van der Waals surface area contributed by atoms with Gasteiger partial charge in [-0.2, -0.15) is 9.40 Å². The number of rotatable bonds is 6. The summed E-state index contributed by atoms with van der Waals surface area (Å²) in [5.41, 5.74) is 2.50. The van der Waals surface area contributed by atoms with E-state index in [4.69, 9.17) is 17.3 Å². The summed E-state index contributed by atoms with van der Waals surface area (Å²) in [5, 5.41) is 4.79. The van der Waals surface area contributed by atoms with Crippen molar-refractivity contribution >= 4 is 22.2 Å². The van der Waals surface area contributed by atoms with E-state index in [1.54, 1.807) is 10.4 Å². The molecule has 0 N–H and O–H groups in total. The van der Waals surface area contributed by atoms with Crippen LogP contribution in [0.25, 0.3) is 0 Å². The van der Waals surface area contributed by atoms with Gasteiger partial charge in [0.05, 0.1) is 11.6 Å². The first-order valence-electron chi connectivity index (χ1n) is 11.0. The van der Waals surface area contributed by atoms with Crippen LogP contribution in [0.15, 0.2) is 23.1 Å². The molecule has 2 fully saturated rings. The number of nitrogens with zero attached hydrogens (tertiary/aromatic N) is 5. The molecule has 1 aromatic carbocycles. The predicted molar refractivity (Wildman–Crippen MR) is 117 cm³/mol. The Morgan fingerprint density at radius 1 is 1.10 bits per heavy atom. The molecule has 0 radical (unpaired) electrons.